The number of allylic oxidation sites excluding steroid dienone is 6. The van der Waals surface area contributed by atoms with Crippen molar-refractivity contribution in [3.8, 4) is 5.75 Å². The van der Waals surface area contributed by atoms with Crippen LogP contribution in [0.4, 0.5) is 11.4 Å². The first-order chi connectivity index (χ1) is 30.1. The predicted molar refractivity (Wildman–Crippen MR) is 226 cm³/mol. The molecule has 20 nitrogen and oxygen atoms in total. The Hall–Kier alpha value is -3.15. The third-order valence-corrected chi connectivity index (χ3v) is 12.7. The van der Waals surface area contributed by atoms with Crippen molar-refractivity contribution in [3.63, 3.8) is 0 Å². The van der Waals surface area contributed by atoms with Crippen molar-refractivity contribution in [3.05, 3.63) is 108 Å². The van der Waals surface area contributed by atoms with Crippen LogP contribution in [0.2, 0.25) is 0 Å². The fourth-order valence-electron chi connectivity index (χ4n) is 8.25. The Morgan fingerprint density at radius 3 is 2.03 bits per heavy atom. The average molecular weight is 1040 g/mol. The largest absolute Gasteiger partial charge is 1.00 e. The molecule has 3 heterocycles. The van der Waals surface area contributed by atoms with Crippen LogP contribution in [0.15, 0.2) is 95.6 Å². The zero-order valence-electron chi connectivity index (χ0n) is 37.5. The van der Waals surface area contributed by atoms with E-state index in [1.807, 2.05) is 26.0 Å². The summed E-state index contributed by atoms with van der Waals surface area (Å²) in [4.78, 5) is 42.3. The normalized spacial score (nSPS) is 16.8. The summed E-state index contributed by atoms with van der Waals surface area (Å²) in [7, 11) is -17.9. The van der Waals surface area contributed by atoms with E-state index in [0.29, 0.717) is 22.0 Å². The smallest absolute Gasteiger partial charge is 0.747 e. The summed E-state index contributed by atoms with van der Waals surface area (Å²) in [5, 5.41) is 2.31. The molecule has 0 unspecified atom stereocenters. The zero-order valence-corrected chi connectivity index (χ0v) is 46.8. The van der Waals surface area contributed by atoms with Gasteiger partial charge in [0.15, 0.2) is 22.4 Å². The number of imide groups is 1. The molecular formula is C41H36N3Na3O17S4. The van der Waals surface area contributed by atoms with Crippen molar-refractivity contribution in [2.75, 3.05) is 23.3 Å². The molecule has 0 saturated carbocycles. The van der Waals surface area contributed by atoms with E-state index >= 15 is 0 Å². The van der Waals surface area contributed by atoms with Crippen molar-refractivity contribution in [2.24, 2.45) is 0 Å². The average Bonchev–Trinajstić information content (AvgIpc) is 3.69. The van der Waals surface area contributed by atoms with Crippen molar-refractivity contribution < 1.29 is 169 Å². The second-order valence-electron chi connectivity index (χ2n) is 15.7. The number of rotatable bonds is 12. The Morgan fingerprint density at radius 2 is 1.44 bits per heavy atom. The number of hydroxylamine groups is 2. The van der Waals surface area contributed by atoms with E-state index in [0.717, 1.165) is 28.5 Å². The molecule has 2 amide bonds. The van der Waals surface area contributed by atoms with E-state index in [9.17, 15) is 53.3 Å². The quantitative estimate of drug-likeness (QED) is 0.0318. The van der Waals surface area contributed by atoms with Crippen LogP contribution in [0.1, 0.15) is 51.7 Å². The van der Waals surface area contributed by atoms with Crippen LogP contribution >= 0.6 is 0 Å². The molecule has 0 N–H and O–H groups in total. The monoisotopic (exact) mass is 1040 g/mol. The standard InChI is InChI=1S/C41H39N3O14S3.3Na.O3S/c1-40(2)32(42(23-59(48,49)50)29-16-14-25-10-8-9-11-28(25)38(29)40)12-6-5-7-13-33-41(3,4)39-30(43(33)24-60(51,52)53)17-15-26-20-27(61(54,55)56)21-31(37(26)39)57-22-36(47)58-44-34(45)18-19-35(44)46;;;;1-4(2)3/h5-7,9-17,20-21H,18-19,22-24H2,1-4H3,(H,48,49,50)(H,51,52,53)(H,54,55,56);;;;/q;3*+1;/p-3. The summed E-state index contributed by atoms with van der Waals surface area (Å²) >= 11 is 0. The second-order valence-corrected chi connectivity index (χ2v) is 20.3. The second kappa shape index (κ2) is 22.5. The number of nitrogens with zero attached hydrogens (tertiary/aromatic N) is 3. The summed E-state index contributed by atoms with van der Waals surface area (Å²) in [6.45, 7) is 6.23. The predicted octanol–water partition coefficient (Wildman–Crippen LogP) is -6.13. The summed E-state index contributed by atoms with van der Waals surface area (Å²) in [5.74, 6) is -4.89. The van der Waals surface area contributed by atoms with Crippen LogP contribution in [-0.2, 0) is 71.0 Å². The summed E-state index contributed by atoms with van der Waals surface area (Å²) in [5.41, 5.74) is 0.714. The van der Waals surface area contributed by atoms with Gasteiger partial charge in [-0.25, -0.2) is 30.0 Å². The molecule has 7 rings (SSSR count). The maximum absolute atomic E-state index is 12.7. The van der Waals surface area contributed by atoms with Gasteiger partial charge in [0.1, 0.15) is 31.9 Å². The number of amides is 2. The van der Waals surface area contributed by atoms with Gasteiger partial charge in [-0.1, -0.05) is 32.1 Å². The van der Waals surface area contributed by atoms with Crippen LogP contribution in [0.3, 0.4) is 0 Å². The van der Waals surface area contributed by atoms with Gasteiger partial charge in [-0.15, -0.1) is 34.5 Å². The fourth-order valence-corrected chi connectivity index (χ4v) is 9.96. The summed E-state index contributed by atoms with van der Waals surface area (Å²) < 4.78 is 142. The maximum atomic E-state index is 12.7. The molecule has 4 aromatic carbocycles. The number of carbonyl (C=O) groups is 3. The number of hydrogen-bond acceptors (Lipinski definition) is 18. The molecule has 1 saturated heterocycles. The van der Waals surface area contributed by atoms with Crippen LogP contribution in [-0.4, -0.2) is 103 Å². The van der Waals surface area contributed by atoms with E-state index in [1.54, 1.807) is 62.4 Å². The van der Waals surface area contributed by atoms with Gasteiger partial charge in [0.25, 0.3) is 11.8 Å². The molecule has 27 heteroatoms. The maximum Gasteiger partial charge on any atom is 1.00 e. The molecule has 0 bridgehead atoms. The molecule has 3 aliphatic heterocycles. The Bertz CT molecular complexity index is 3300. The Labute approximate surface area is 459 Å². The van der Waals surface area contributed by atoms with Crippen LogP contribution < -0.4 is 98.3 Å². The van der Waals surface area contributed by atoms with E-state index in [-0.39, 0.29) is 129 Å². The van der Waals surface area contributed by atoms with Crippen molar-refractivity contribution in [1.82, 2.24) is 5.06 Å². The first-order valence-corrected chi connectivity index (χ1v) is 24.5. The van der Waals surface area contributed by atoms with E-state index in [4.69, 9.17) is 22.2 Å². The third kappa shape index (κ3) is 13.0. The minimum atomic E-state index is -5.10. The summed E-state index contributed by atoms with van der Waals surface area (Å²) in [6, 6.07) is 16.8. The minimum Gasteiger partial charge on any atom is -0.747 e. The number of carbonyl (C=O) groups excluding carboxylic acids is 3. The van der Waals surface area contributed by atoms with E-state index < -0.39 is 92.8 Å². The molecule has 0 aromatic heterocycles. The van der Waals surface area contributed by atoms with Gasteiger partial charge in [-0.05, 0) is 55.1 Å². The molecule has 0 aliphatic carbocycles. The number of anilines is 1. The Kier molecular flexibility index (Phi) is 19.6. The molecular weight excluding hydrogens is 1000 g/mol. The van der Waals surface area contributed by atoms with Gasteiger partial charge in [0.05, 0.1) is 15.9 Å². The van der Waals surface area contributed by atoms with Gasteiger partial charge < -0.3 is 28.1 Å². The first-order valence-electron chi connectivity index (χ1n) is 18.9. The third-order valence-electron chi connectivity index (χ3n) is 10.7. The SMILES string of the molecule is CC1(C)C(=CC=CC=CC2=[N+](CS(=O)(=O)[O-])c3ccc4cc(S(=O)(=O)[O-])cc(OCC(=O)ON5C(=O)CCC5=O)c4c3C2(C)C)N(CS(=O)(=O)[O-])c2ccc3c[c-]ccc3c21.O=S(=O)=O.[Na+].[Na+].[Na+]. The molecule has 0 spiro atoms. The van der Waals surface area contributed by atoms with Crippen molar-refractivity contribution >= 4 is 97.4 Å². The summed E-state index contributed by atoms with van der Waals surface area (Å²) in [6.07, 6.45) is 7.61. The molecule has 4 aromatic rings. The van der Waals surface area contributed by atoms with Crippen molar-refractivity contribution in [1.29, 1.82) is 0 Å². The molecule has 344 valence electrons. The minimum absolute atomic E-state index is 0. The fraction of sp³-hybridized carbons (Fsp3) is 0.268. The van der Waals surface area contributed by atoms with Gasteiger partial charge in [-0.2, -0.15) is 28.8 Å². The van der Waals surface area contributed by atoms with Crippen molar-refractivity contribution in [2.45, 2.75) is 56.3 Å². The Balaban J connectivity index is 0.00000168. The van der Waals surface area contributed by atoms with Crippen LogP contribution in [0.5, 0.6) is 5.75 Å². The molecule has 0 atom stereocenters. The van der Waals surface area contributed by atoms with E-state index in [1.165, 1.54) is 21.6 Å². The molecule has 0 radical (unpaired) electrons. The number of benzene rings is 4. The molecule has 1 fully saturated rings. The molecule has 68 heavy (non-hydrogen) atoms. The Morgan fingerprint density at radius 1 is 0.824 bits per heavy atom. The van der Waals surface area contributed by atoms with Gasteiger partial charge in [0, 0.05) is 47.2 Å². The zero-order chi connectivity index (χ0) is 48.0. The number of ether oxygens (including phenoxy) is 1. The van der Waals surface area contributed by atoms with E-state index in [2.05, 4.69) is 6.07 Å². The number of hydrogen-bond donors (Lipinski definition) is 0. The van der Waals surface area contributed by atoms with Crippen LogP contribution in [0, 0.1) is 6.07 Å². The number of fused-ring (bicyclic) bond motifs is 6. The topological polar surface area (TPSA) is 302 Å². The first kappa shape index (κ1) is 59.2. The van der Waals surface area contributed by atoms with Crippen LogP contribution in [0.25, 0.3) is 21.5 Å². The molecule has 3 aliphatic rings. The van der Waals surface area contributed by atoms with Gasteiger partial charge in [0.2, 0.25) is 11.6 Å². The van der Waals surface area contributed by atoms with Gasteiger partial charge >= 0.3 is 105 Å². The van der Waals surface area contributed by atoms with Gasteiger partial charge in [-0.3, -0.25) is 9.59 Å².